The Kier molecular flexibility index (Phi) is 5.22. The summed E-state index contributed by atoms with van der Waals surface area (Å²) >= 11 is 7.40. The maximum Gasteiger partial charge on any atom is 0.187 e. The molecule has 0 amide bonds. The Hall–Kier alpha value is -1.56. The molecule has 1 heterocycles. The number of hydrogen-bond acceptors (Lipinski definition) is 4. The fraction of sp³-hybridized carbons (Fsp3) is 0. The third-order valence-corrected chi connectivity index (χ3v) is 3.77. The predicted molar refractivity (Wildman–Crippen MR) is 94.3 cm³/mol. The fourth-order valence-electron chi connectivity index (χ4n) is 1.75. The van der Waals surface area contributed by atoms with Crippen molar-refractivity contribution in [1.29, 1.82) is 0 Å². The van der Waals surface area contributed by atoms with E-state index in [4.69, 9.17) is 11.6 Å². The summed E-state index contributed by atoms with van der Waals surface area (Å²) in [5, 5.41) is 16.0. The number of halogens is 2. The van der Waals surface area contributed by atoms with Crippen molar-refractivity contribution in [2.75, 3.05) is 5.32 Å². The molecule has 0 unspecified atom stereocenters. The molecule has 1 aromatic heterocycles. The summed E-state index contributed by atoms with van der Waals surface area (Å²) in [5.41, 5.74) is 2.83. The highest BCUT2D eigenvalue weighted by Gasteiger charge is 2.05. The van der Waals surface area contributed by atoms with E-state index in [2.05, 4.69) is 10.3 Å². The van der Waals surface area contributed by atoms with E-state index in [0.717, 1.165) is 22.1 Å². The van der Waals surface area contributed by atoms with Crippen molar-refractivity contribution in [3.8, 4) is 17.0 Å². The van der Waals surface area contributed by atoms with Gasteiger partial charge in [-0.05, 0) is 36.4 Å². The fourth-order valence-corrected chi connectivity index (χ4v) is 2.62. The molecule has 0 fully saturated rings. The topological polar surface area (TPSA) is 45.1 Å². The zero-order valence-corrected chi connectivity index (χ0v) is 14.1. The molecule has 0 saturated heterocycles. The minimum absolute atomic E-state index is 0. The molecule has 0 radical (unpaired) electrons. The van der Waals surface area contributed by atoms with Gasteiger partial charge in [-0.3, -0.25) is 0 Å². The van der Waals surface area contributed by atoms with Gasteiger partial charge in [0, 0.05) is 21.7 Å². The standard InChI is InChI=1S/C15H11ClN2OS.BrH/c16-11-3-1-10(2-4-11)14-9-20-15(18-14)17-12-5-7-13(19)8-6-12;/h1-9,19H,(H,17,18);1H. The maximum atomic E-state index is 9.25. The van der Waals surface area contributed by atoms with Crippen molar-refractivity contribution in [3.63, 3.8) is 0 Å². The highest BCUT2D eigenvalue weighted by Crippen LogP contribution is 2.28. The Morgan fingerprint density at radius 3 is 2.33 bits per heavy atom. The van der Waals surface area contributed by atoms with Gasteiger partial charge in [-0.15, -0.1) is 28.3 Å². The monoisotopic (exact) mass is 382 g/mol. The normalized spacial score (nSPS) is 9.95. The molecule has 2 aromatic carbocycles. The molecule has 3 rings (SSSR count). The minimum atomic E-state index is 0. The number of thiazole rings is 1. The number of hydrogen-bond donors (Lipinski definition) is 2. The smallest absolute Gasteiger partial charge is 0.187 e. The first-order valence-corrected chi connectivity index (χ1v) is 7.24. The third kappa shape index (κ3) is 3.97. The van der Waals surface area contributed by atoms with Gasteiger partial charge in [-0.25, -0.2) is 4.98 Å². The second-order valence-electron chi connectivity index (χ2n) is 4.22. The van der Waals surface area contributed by atoms with Gasteiger partial charge in [0.05, 0.1) is 5.69 Å². The van der Waals surface area contributed by atoms with E-state index in [1.54, 1.807) is 24.3 Å². The molecule has 108 valence electrons. The maximum absolute atomic E-state index is 9.25. The van der Waals surface area contributed by atoms with E-state index in [0.29, 0.717) is 5.02 Å². The van der Waals surface area contributed by atoms with Gasteiger partial charge in [0.2, 0.25) is 0 Å². The molecule has 0 aliphatic heterocycles. The zero-order valence-electron chi connectivity index (χ0n) is 10.8. The van der Waals surface area contributed by atoms with Crippen molar-refractivity contribution in [2.45, 2.75) is 0 Å². The Bertz CT molecular complexity index is 713. The first-order valence-electron chi connectivity index (χ1n) is 5.98. The minimum Gasteiger partial charge on any atom is -0.508 e. The zero-order chi connectivity index (χ0) is 13.9. The molecule has 2 N–H and O–H groups in total. The molecule has 3 aromatic rings. The number of aromatic nitrogens is 1. The van der Waals surface area contributed by atoms with Crippen LogP contribution in [0.1, 0.15) is 0 Å². The van der Waals surface area contributed by atoms with Gasteiger partial charge in [-0.1, -0.05) is 23.7 Å². The lowest BCUT2D eigenvalue weighted by Gasteiger charge is -2.02. The quantitative estimate of drug-likeness (QED) is 0.588. The van der Waals surface area contributed by atoms with Crippen LogP contribution in [0.2, 0.25) is 5.02 Å². The molecule has 0 atom stereocenters. The van der Waals surface area contributed by atoms with Crippen LogP contribution in [-0.4, -0.2) is 10.1 Å². The molecule has 0 bridgehead atoms. The largest absolute Gasteiger partial charge is 0.508 e. The summed E-state index contributed by atoms with van der Waals surface area (Å²) < 4.78 is 0. The molecule has 0 spiro atoms. The van der Waals surface area contributed by atoms with Crippen LogP contribution >= 0.6 is 39.9 Å². The van der Waals surface area contributed by atoms with Crippen molar-refractivity contribution in [2.24, 2.45) is 0 Å². The lowest BCUT2D eigenvalue weighted by Crippen LogP contribution is -1.88. The molecule has 6 heteroatoms. The van der Waals surface area contributed by atoms with Crippen LogP contribution in [0, 0.1) is 0 Å². The second-order valence-corrected chi connectivity index (χ2v) is 5.51. The average molecular weight is 384 g/mol. The van der Waals surface area contributed by atoms with Crippen molar-refractivity contribution in [3.05, 3.63) is 58.9 Å². The van der Waals surface area contributed by atoms with Crippen LogP contribution in [0.3, 0.4) is 0 Å². The highest BCUT2D eigenvalue weighted by atomic mass is 79.9. The Morgan fingerprint density at radius 2 is 1.67 bits per heavy atom. The van der Waals surface area contributed by atoms with E-state index in [-0.39, 0.29) is 22.7 Å². The second kappa shape index (κ2) is 6.93. The molecule has 0 aliphatic rings. The van der Waals surface area contributed by atoms with E-state index in [1.807, 2.05) is 29.6 Å². The van der Waals surface area contributed by atoms with Gasteiger partial charge in [0.25, 0.3) is 0 Å². The van der Waals surface area contributed by atoms with Crippen molar-refractivity contribution < 1.29 is 5.11 Å². The van der Waals surface area contributed by atoms with Gasteiger partial charge in [0.1, 0.15) is 5.75 Å². The molecule has 0 saturated carbocycles. The van der Waals surface area contributed by atoms with Gasteiger partial charge < -0.3 is 10.4 Å². The van der Waals surface area contributed by atoms with E-state index >= 15 is 0 Å². The predicted octanol–water partition coefficient (Wildman–Crippen LogP) is 5.49. The Balaban J connectivity index is 0.00000161. The van der Waals surface area contributed by atoms with E-state index in [9.17, 15) is 5.11 Å². The molecular formula is C15H12BrClN2OS. The number of benzene rings is 2. The van der Waals surface area contributed by atoms with Gasteiger partial charge in [-0.2, -0.15) is 0 Å². The number of phenolic OH excluding ortho intramolecular Hbond substituents is 1. The summed E-state index contributed by atoms with van der Waals surface area (Å²) in [6, 6.07) is 14.5. The first-order chi connectivity index (χ1) is 9.70. The number of aromatic hydroxyl groups is 1. The average Bonchev–Trinajstić information content (AvgIpc) is 2.91. The molecular weight excluding hydrogens is 372 g/mol. The summed E-state index contributed by atoms with van der Waals surface area (Å²) in [6.45, 7) is 0. The van der Waals surface area contributed by atoms with E-state index in [1.165, 1.54) is 11.3 Å². The van der Waals surface area contributed by atoms with Gasteiger partial charge >= 0.3 is 0 Å². The Morgan fingerprint density at radius 1 is 1.00 bits per heavy atom. The summed E-state index contributed by atoms with van der Waals surface area (Å²) in [6.07, 6.45) is 0. The van der Waals surface area contributed by atoms with Crippen molar-refractivity contribution >= 4 is 50.7 Å². The summed E-state index contributed by atoms with van der Waals surface area (Å²) in [4.78, 5) is 4.53. The summed E-state index contributed by atoms with van der Waals surface area (Å²) in [7, 11) is 0. The van der Waals surface area contributed by atoms with Crippen LogP contribution in [0.4, 0.5) is 10.8 Å². The number of nitrogens with one attached hydrogen (secondary N) is 1. The molecule has 21 heavy (non-hydrogen) atoms. The van der Waals surface area contributed by atoms with Crippen LogP contribution in [0.5, 0.6) is 5.75 Å². The first kappa shape index (κ1) is 15.8. The summed E-state index contributed by atoms with van der Waals surface area (Å²) in [5.74, 6) is 0.247. The SMILES string of the molecule is Br.Oc1ccc(Nc2nc(-c3ccc(Cl)cc3)cs2)cc1. The van der Waals surface area contributed by atoms with Crippen LogP contribution in [0.25, 0.3) is 11.3 Å². The molecule has 0 aliphatic carbocycles. The van der Waals surface area contributed by atoms with Crippen molar-refractivity contribution in [1.82, 2.24) is 4.98 Å². The van der Waals surface area contributed by atoms with E-state index < -0.39 is 0 Å². The lowest BCUT2D eigenvalue weighted by atomic mass is 10.2. The van der Waals surface area contributed by atoms with Gasteiger partial charge in [0.15, 0.2) is 5.13 Å². The number of anilines is 2. The number of nitrogens with zero attached hydrogens (tertiary/aromatic N) is 1. The highest BCUT2D eigenvalue weighted by molar-refractivity contribution is 8.93. The number of phenols is 1. The Labute approximate surface area is 142 Å². The van der Waals surface area contributed by atoms with Crippen LogP contribution in [-0.2, 0) is 0 Å². The number of rotatable bonds is 3. The van der Waals surface area contributed by atoms with Crippen LogP contribution in [0.15, 0.2) is 53.9 Å². The third-order valence-electron chi connectivity index (χ3n) is 2.76. The molecule has 3 nitrogen and oxygen atoms in total. The van der Waals surface area contributed by atoms with Crippen LogP contribution < -0.4 is 5.32 Å². The lowest BCUT2D eigenvalue weighted by molar-refractivity contribution is 0.475.